The van der Waals surface area contributed by atoms with Gasteiger partial charge in [0.15, 0.2) is 0 Å². The van der Waals surface area contributed by atoms with Crippen molar-refractivity contribution < 1.29 is 14.6 Å². The zero-order chi connectivity index (χ0) is 20.7. The molecule has 1 atom stereocenters. The molecule has 1 aromatic heterocycles. The van der Waals surface area contributed by atoms with Crippen molar-refractivity contribution in [2.24, 2.45) is 0 Å². The Hall–Kier alpha value is -3.28. The minimum absolute atomic E-state index is 0.0642. The SMILES string of the molecule is CCCN1C(=O)c2[nH]nc(-c3c(C)cc(C)cc3O)c2[C@H]1c1ccc(OC)cc1. The Labute approximate surface area is 170 Å². The van der Waals surface area contributed by atoms with Crippen LogP contribution in [0.2, 0.25) is 0 Å². The molecule has 0 saturated carbocycles. The highest BCUT2D eigenvalue weighted by Gasteiger charge is 2.42. The second-order valence-corrected chi connectivity index (χ2v) is 7.51. The fourth-order valence-corrected chi connectivity index (χ4v) is 4.24. The first kappa shape index (κ1) is 19.1. The van der Waals surface area contributed by atoms with E-state index in [1.54, 1.807) is 13.2 Å². The normalized spacial score (nSPS) is 15.7. The number of aromatic amines is 1. The van der Waals surface area contributed by atoms with Crippen LogP contribution in [0.15, 0.2) is 36.4 Å². The van der Waals surface area contributed by atoms with Crippen LogP contribution < -0.4 is 4.74 Å². The molecule has 1 aliphatic heterocycles. The summed E-state index contributed by atoms with van der Waals surface area (Å²) in [6.45, 7) is 6.58. The van der Waals surface area contributed by atoms with Gasteiger partial charge in [-0.1, -0.05) is 25.1 Å². The third-order valence-corrected chi connectivity index (χ3v) is 5.46. The van der Waals surface area contributed by atoms with E-state index in [2.05, 4.69) is 17.1 Å². The van der Waals surface area contributed by atoms with Gasteiger partial charge in [0.25, 0.3) is 5.91 Å². The van der Waals surface area contributed by atoms with Crippen LogP contribution in [0.1, 0.15) is 52.1 Å². The number of hydrogen-bond acceptors (Lipinski definition) is 4. The minimum Gasteiger partial charge on any atom is -0.507 e. The van der Waals surface area contributed by atoms with Crippen LogP contribution in [-0.2, 0) is 0 Å². The van der Waals surface area contributed by atoms with Crippen molar-refractivity contribution in [2.75, 3.05) is 13.7 Å². The van der Waals surface area contributed by atoms with E-state index in [1.807, 2.05) is 49.1 Å². The van der Waals surface area contributed by atoms with Gasteiger partial charge in [0, 0.05) is 17.7 Å². The van der Waals surface area contributed by atoms with E-state index in [4.69, 9.17) is 4.74 Å². The minimum atomic E-state index is -0.266. The molecule has 0 saturated heterocycles. The zero-order valence-corrected chi connectivity index (χ0v) is 17.1. The number of amides is 1. The van der Waals surface area contributed by atoms with E-state index in [-0.39, 0.29) is 17.7 Å². The quantitative estimate of drug-likeness (QED) is 0.677. The van der Waals surface area contributed by atoms with Crippen LogP contribution in [0.3, 0.4) is 0 Å². The lowest BCUT2D eigenvalue weighted by atomic mass is 9.93. The Balaban J connectivity index is 1.91. The molecule has 0 radical (unpaired) electrons. The molecule has 2 aromatic carbocycles. The molecule has 0 unspecified atom stereocenters. The molecule has 150 valence electrons. The highest BCUT2D eigenvalue weighted by molar-refractivity contribution is 6.00. The van der Waals surface area contributed by atoms with Gasteiger partial charge in [0.1, 0.15) is 22.9 Å². The number of aromatic hydroxyl groups is 1. The number of H-pyrrole nitrogens is 1. The average Bonchev–Trinajstić information content (AvgIpc) is 3.22. The highest BCUT2D eigenvalue weighted by Crippen LogP contribution is 2.45. The van der Waals surface area contributed by atoms with E-state index < -0.39 is 0 Å². The summed E-state index contributed by atoms with van der Waals surface area (Å²) in [5.41, 5.74) is 5.49. The van der Waals surface area contributed by atoms with Crippen LogP contribution in [0.5, 0.6) is 11.5 Å². The number of nitrogens with one attached hydrogen (secondary N) is 1. The van der Waals surface area contributed by atoms with Crippen LogP contribution in [0.4, 0.5) is 0 Å². The number of carbonyl (C=O) groups excluding carboxylic acids is 1. The van der Waals surface area contributed by atoms with Gasteiger partial charge < -0.3 is 14.7 Å². The van der Waals surface area contributed by atoms with E-state index >= 15 is 0 Å². The van der Waals surface area contributed by atoms with Gasteiger partial charge in [-0.05, 0) is 55.2 Å². The maximum atomic E-state index is 13.1. The van der Waals surface area contributed by atoms with Crippen molar-refractivity contribution in [2.45, 2.75) is 33.2 Å². The number of fused-ring (bicyclic) bond motifs is 1. The molecule has 0 spiro atoms. The third kappa shape index (κ3) is 3.05. The summed E-state index contributed by atoms with van der Waals surface area (Å²) in [6, 6.07) is 11.2. The molecule has 6 nitrogen and oxygen atoms in total. The summed E-state index contributed by atoms with van der Waals surface area (Å²) in [6.07, 6.45) is 0.847. The molecule has 6 heteroatoms. The molecule has 0 fully saturated rings. The molecular formula is C23H25N3O3. The topological polar surface area (TPSA) is 78.5 Å². The van der Waals surface area contributed by atoms with Gasteiger partial charge in [-0.15, -0.1) is 0 Å². The van der Waals surface area contributed by atoms with Gasteiger partial charge in [0.2, 0.25) is 0 Å². The van der Waals surface area contributed by atoms with Gasteiger partial charge >= 0.3 is 0 Å². The number of methoxy groups -OCH3 is 1. The van der Waals surface area contributed by atoms with Crippen LogP contribution in [0, 0.1) is 13.8 Å². The number of hydrogen-bond donors (Lipinski definition) is 2. The van der Waals surface area contributed by atoms with Crippen molar-refractivity contribution in [1.82, 2.24) is 15.1 Å². The zero-order valence-electron chi connectivity index (χ0n) is 17.1. The van der Waals surface area contributed by atoms with E-state index in [0.717, 1.165) is 34.4 Å². The number of ether oxygens (including phenoxy) is 1. The van der Waals surface area contributed by atoms with Crippen molar-refractivity contribution >= 4 is 5.91 Å². The van der Waals surface area contributed by atoms with Crippen LogP contribution in [-0.4, -0.2) is 39.8 Å². The largest absolute Gasteiger partial charge is 0.507 e. The van der Waals surface area contributed by atoms with Gasteiger partial charge in [-0.25, -0.2) is 0 Å². The Morgan fingerprint density at radius 1 is 1.21 bits per heavy atom. The van der Waals surface area contributed by atoms with Gasteiger partial charge in [-0.2, -0.15) is 5.10 Å². The molecule has 1 aliphatic rings. The Kier molecular flexibility index (Phi) is 4.78. The maximum Gasteiger partial charge on any atom is 0.273 e. The predicted octanol–water partition coefficient (Wildman–Crippen LogP) is 4.36. The fraction of sp³-hybridized carbons (Fsp3) is 0.304. The Bertz CT molecular complexity index is 1050. The number of aryl methyl sites for hydroxylation is 2. The summed E-state index contributed by atoms with van der Waals surface area (Å²) in [5.74, 6) is 0.872. The Morgan fingerprint density at radius 3 is 2.55 bits per heavy atom. The molecule has 0 bridgehead atoms. The lowest BCUT2D eigenvalue weighted by molar-refractivity contribution is 0.0744. The van der Waals surface area contributed by atoms with Crippen LogP contribution >= 0.6 is 0 Å². The number of aromatic nitrogens is 2. The maximum absolute atomic E-state index is 13.1. The number of nitrogens with zero attached hydrogens (tertiary/aromatic N) is 2. The van der Waals surface area contributed by atoms with Crippen molar-refractivity contribution in [3.8, 4) is 22.8 Å². The molecule has 2 N–H and O–H groups in total. The number of phenolic OH excluding ortho intramolecular Hbond substituents is 1. The first-order valence-electron chi connectivity index (χ1n) is 9.80. The molecule has 2 heterocycles. The lowest BCUT2D eigenvalue weighted by Gasteiger charge is -2.26. The molecule has 0 aliphatic carbocycles. The molecule has 4 rings (SSSR count). The van der Waals surface area contributed by atoms with Crippen molar-refractivity contribution in [1.29, 1.82) is 0 Å². The molecule has 1 amide bonds. The number of phenols is 1. The van der Waals surface area contributed by atoms with Crippen molar-refractivity contribution in [3.05, 3.63) is 64.3 Å². The standard InChI is InChI=1S/C23H25N3O3/c1-5-10-26-22(15-6-8-16(29-4)9-7-15)19-20(24-25-21(19)23(26)28)18-14(3)11-13(2)12-17(18)27/h6-9,11-12,22,27H,5,10H2,1-4H3,(H,24,25)/t22-/m1/s1. The molecule has 29 heavy (non-hydrogen) atoms. The molecule has 3 aromatic rings. The summed E-state index contributed by atoms with van der Waals surface area (Å²) < 4.78 is 5.29. The fourth-order valence-electron chi connectivity index (χ4n) is 4.24. The van der Waals surface area contributed by atoms with E-state index in [9.17, 15) is 9.90 Å². The highest BCUT2D eigenvalue weighted by atomic mass is 16.5. The summed E-state index contributed by atoms with van der Waals surface area (Å²) in [7, 11) is 1.63. The summed E-state index contributed by atoms with van der Waals surface area (Å²) in [5, 5.41) is 18.1. The van der Waals surface area contributed by atoms with Crippen molar-refractivity contribution in [3.63, 3.8) is 0 Å². The third-order valence-electron chi connectivity index (χ3n) is 5.46. The first-order valence-corrected chi connectivity index (χ1v) is 9.80. The van der Waals surface area contributed by atoms with Crippen LogP contribution in [0.25, 0.3) is 11.3 Å². The van der Waals surface area contributed by atoms with E-state index in [1.165, 1.54) is 0 Å². The second kappa shape index (κ2) is 7.28. The smallest absolute Gasteiger partial charge is 0.273 e. The van der Waals surface area contributed by atoms with E-state index in [0.29, 0.717) is 23.5 Å². The molecular weight excluding hydrogens is 366 g/mol. The lowest BCUT2D eigenvalue weighted by Crippen LogP contribution is -2.30. The first-order chi connectivity index (χ1) is 14.0. The predicted molar refractivity (Wildman–Crippen MR) is 111 cm³/mol. The second-order valence-electron chi connectivity index (χ2n) is 7.51. The van der Waals surface area contributed by atoms with Gasteiger partial charge in [-0.3, -0.25) is 9.89 Å². The number of carbonyl (C=O) groups is 1. The number of benzene rings is 2. The number of rotatable bonds is 5. The van der Waals surface area contributed by atoms with Gasteiger partial charge in [0.05, 0.1) is 13.2 Å². The summed E-state index contributed by atoms with van der Waals surface area (Å²) >= 11 is 0. The monoisotopic (exact) mass is 391 g/mol. The summed E-state index contributed by atoms with van der Waals surface area (Å²) in [4.78, 5) is 15.0. The average molecular weight is 391 g/mol. The Morgan fingerprint density at radius 2 is 1.93 bits per heavy atom.